The van der Waals surface area contributed by atoms with E-state index in [0.29, 0.717) is 0 Å². The number of rotatable bonds is 7. The number of carboxylic acid groups (broad SMARTS) is 2. The number of hydrogen-bond acceptors (Lipinski definition) is 6. The molecule has 2 aliphatic rings. The van der Waals surface area contributed by atoms with Gasteiger partial charge in [0, 0.05) is 12.4 Å². The quantitative estimate of drug-likeness (QED) is 0.681. The van der Waals surface area contributed by atoms with Gasteiger partial charge in [0.15, 0.2) is 0 Å². The summed E-state index contributed by atoms with van der Waals surface area (Å²) in [6.07, 6.45) is 14.7. The average molecular weight is 340 g/mol. The Kier molecular flexibility index (Phi) is 6.02. The fourth-order valence-corrected chi connectivity index (χ4v) is 4.70. The van der Waals surface area contributed by atoms with Crippen molar-refractivity contribution in [2.75, 3.05) is 13.1 Å². The molecule has 0 amide bonds. The zero-order chi connectivity index (χ0) is 15.9. The van der Waals surface area contributed by atoms with Crippen LogP contribution in [0.15, 0.2) is 48.9 Å². The summed E-state index contributed by atoms with van der Waals surface area (Å²) in [7, 11) is 3.01. The first-order valence-corrected chi connectivity index (χ1v) is 8.81. The molecule has 22 heavy (non-hydrogen) atoms. The summed E-state index contributed by atoms with van der Waals surface area (Å²) in [5.41, 5.74) is 0. The lowest BCUT2D eigenvalue weighted by atomic mass is 10.3. The molecule has 2 aliphatic heterocycles. The van der Waals surface area contributed by atoms with Crippen LogP contribution in [0.1, 0.15) is 0 Å². The van der Waals surface area contributed by atoms with Crippen LogP contribution in [0.5, 0.6) is 0 Å². The molecule has 0 aromatic rings. The van der Waals surface area contributed by atoms with Gasteiger partial charge < -0.3 is 20.0 Å². The molecule has 0 aromatic carbocycles. The number of nitrogens with zero attached hydrogens (tertiary/aromatic N) is 2. The van der Waals surface area contributed by atoms with E-state index in [1.807, 2.05) is 24.3 Å². The lowest BCUT2D eigenvalue weighted by molar-refractivity contribution is -0.138. The smallest absolute Gasteiger partial charge is 0.323 e. The molecule has 2 N–H and O–H groups in total. The van der Waals surface area contributed by atoms with Crippen LogP contribution in [0.3, 0.4) is 0 Å². The maximum atomic E-state index is 10.9. The van der Waals surface area contributed by atoms with Gasteiger partial charge in [-0.1, -0.05) is 45.9 Å². The van der Waals surface area contributed by atoms with Gasteiger partial charge in [-0.25, -0.2) is 0 Å². The lowest BCUT2D eigenvalue weighted by Gasteiger charge is -2.32. The van der Waals surface area contributed by atoms with E-state index in [2.05, 4.69) is 0 Å². The maximum Gasteiger partial charge on any atom is 0.323 e. The fourth-order valence-electron chi connectivity index (χ4n) is 1.92. The first-order chi connectivity index (χ1) is 10.6. The summed E-state index contributed by atoms with van der Waals surface area (Å²) < 4.78 is 0. The summed E-state index contributed by atoms with van der Waals surface area (Å²) in [4.78, 5) is 25.2. The van der Waals surface area contributed by atoms with Crippen LogP contribution in [-0.2, 0) is 9.59 Å². The third-order valence-corrected chi connectivity index (χ3v) is 5.75. The standard InChI is InChI=1S/C14H16N2O4S2/c17-13(18)9-15-7-3-1-5-11(15)21-22-12-6-2-4-8-16(12)10-14(19)20/h1-8,11-12H,9-10H2,(H,17,18)(H,19,20). The Morgan fingerprint density at radius 2 is 1.23 bits per heavy atom. The van der Waals surface area contributed by atoms with Crippen LogP contribution >= 0.6 is 21.6 Å². The van der Waals surface area contributed by atoms with Gasteiger partial charge in [0.2, 0.25) is 0 Å². The van der Waals surface area contributed by atoms with Crippen molar-refractivity contribution >= 4 is 33.5 Å². The molecule has 2 unspecified atom stereocenters. The number of allylic oxidation sites excluding steroid dienone is 4. The minimum Gasteiger partial charge on any atom is -0.480 e. The van der Waals surface area contributed by atoms with Crippen LogP contribution in [0, 0.1) is 0 Å². The minimum atomic E-state index is -0.886. The lowest BCUT2D eigenvalue weighted by Crippen LogP contribution is -2.34. The highest BCUT2D eigenvalue weighted by Crippen LogP contribution is 2.37. The molecule has 2 heterocycles. The van der Waals surface area contributed by atoms with Crippen molar-refractivity contribution < 1.29 is 19.8 Å². The summed E-state index contributed by atoms with van der Waals surface area (Å²) in [6.45, 7) is -0.142. The van der Waals surface area contributed by atoms with Crippen molar-refractivity contribution in [1.82, 2.24) is 9.80 Å². The number of carboxylic acids is 2. The monoisotopic (exact) mass is 340 g/mol. The Morgan fingerprint density at radius 3 is 1.59 bits per heavy atom. The third-order valence-electron chi connectivity index (χ3n) is 2.87. The Labute approximate surface area is 136 Å². The van der Waals surface area contributed by atoms with Gasteiger partial charge >= 0.3 is 11.9 Å². The van der Waals surface area contributed by atoms with Gasteiger partial charge in [0.05, 0.1) is 0 Å². The van der Waals surface area contributed by atoms with E-state index in [0.717, 1.165) is 0 Å². The first-order valence-electron chi connectivity index (χ1n) is 6.53. The minimum absolute atomic E-state index is 0.0711. The second-order valence-electron chi connectivity index (χ2n) is 4.56. The highest BCUT2D eigenvalue weighted by atomic mass is 33.1. The Morgan fingerprint density at radius 1 is 0.818 bits per heavy atom. The summed E-state index contributed by atoms with van der Waals surface area (Å²) in [5.74, 6) is -1.77. The topological polar surface area (TPSA) is 81.1 Å². The maximum absolute atomic E-state index is 10.9. The zero-order valence-electron chi connectivity index (χ0n) is 11.6. The van der Waals surface area contributed by atoms with Crippen molar-refractivity contribution in [3.8, 4) is 0 Å². The largest absolute Gasteiger partial charge is 0.480 e. The van der Waals surface area contributed by atoms with E-state index in [9.17, 15) is 9.59 Å². The second kappa shape index (κ2) is 8.00. The van der Waals surface area contributed by atoms with Gasteiger partial charge in [-0.05, 0) is 12.2 Å². The van der Waals surface area contributed by atoms with E-state index < -0.39 is 11.9 Å². The Hall–Kier alpha value is -1.80. The molecule has 0 bridgehead atoms. The highest BCUT2D eigenvalue weighted by Gasteiger charge is 2.23. The molecule has 6 nitrogen and oxygen atoms in total. The molecule has 0 aliphatic carbocycles. The van der Waals surface area contributed by atoms with Crippen molar-refractivity contribution in [2.45, 2.75) is 10.7 Å². The normalized spacial score (nSPS) is 23.1. The molecular weight excluding hydrogens is 324 g/mol. The average Bonchev–Trinajstić information content (AvgIpc) is 2.46. The molecule has 0 fully saturated rings. The predicted molar refractivity (Wildman–Crippen MR) is 88.0 cm³/mol. The summed E-state index contributed by atoms with van der Waals surface area (Å²) >= 11 is 0. The molecule has 8 heteroatoms. The van der Waals surface area contributed by atoms with Crippen LogP contribution in [-0.4, -0.2) is 55.8 Å². The van der Waals surface area contributed by atoms with Crippen molar-refractivity contribution in [2.24, 2.45) is 0 Å². The Bertz CT molecular complexity index is 497. The number of aliphatic carboxylic acids is 2. The predicted octanol–water partition coefficient (Wildman–Crippen LogP) is 1.96. The number of carbonyl (C=O) groups is 2. The molecule has 0 saturated heterocycles. The zero-order valence-corrected chi connectivity index (χ0v) is 13.2. The van der Waals surface area contributed by atoms with Crippen LogP contribution < -0.4 is 0 Å². The van der Waals surface area contributed by atoms with E-state index in [1.54, 1.807) is 34.4 Å². The van der Waals surface area contributed by atoms with Gasteiger partial charge in [-0.2, -0.15) is 0 Å². The van der Waals surface area contributed by atoms with E-state index >= 15 is 0 Å². The Balaban J connectivity index is 1.92. The van der Waals surface area contributed by atoms with Gasteiger partial charge in [-0.15, -0.1) is 0 Å². The molecule has 0 aromatic heterocycles. The van der Waals surface area contributed by atoms with E-state index in [-0.39, 0.29) is 23.8 Å². The van der Waals surface area contributed by atoms with Crippen molar-refractivity contribution in [3.05, 3.63) is 48.9 Å². The van der Waals surface area contributed by atoms with E-state index in [1.165, 1.54) is 21.6 Å². The van der Waals surface area contributed by atoms with Crippen molar-refractivity contribution in [1.29, 1.82) is 0 Å². The molecule has 2 rings (SSSR count). The molecule has 0 radical (unpaired) electrons. The SMILES string of the molecule is O=C(O)CN1C=CC=CC1SSC1C=CC=CN1CC(=O)O. The highest BCUT2D eigenvalue weighted by molar-refractivity contribution is 8.77. The van der Waals surface area contributed by atoms with Gasteiger partial charge in [-0.3, -0.25) is 9.59 Å². The molecule has 118 valence electrons. The molecule has 2 atom stereocenters. The summed E-state index contributed by atoms with van der Waals surface area (Å²) in [6, 6.07) is 0. The fraction of sp³-hybridized carbons (Fsp3) is 0.286. The third kappa shape index (κ3) is 4.88. The molecular formula is C14H16N2O4S2. The van der Waals surface area contributed by atoms with Crippen LogP contribution in [0.2, 0.25) is 0 Å². The first kappa shape index (κ1) is 16.6. The van der Waals surface area contributed by atoms with Crippen LogP contribution in [0.4, 0.5) is 0 Å². The molecule has 0 spiro atoms. The van der Waals surface area contributed by atoms with E-state index in [4.69, 9.17) is 10.2 Å². The van der Waals surface area contributed by atoms with Crippen LogP contribution in [0.25, 0.3) is 0 Å². The second-order valence-corrected chi connectivity index (χ2v) is 7.06. The summed E-state index contributed by atoms with van der Waals surface area (Å²) in [5, 5.41) is 17.7. The van der Waals surface area contributed by atoms with Gasteiger partial charge in [0.25, 0.3) is 0 Å². The van der Waals surface area contributed by atoms with Crippen molar-refractivity contribution in [3.63, 3.8) is 0 Å². The molecule has 0 saturated carbocycles. The number of hydrogen-bond donors (Lipinski definition) is 2. The van der Waals surface area contributed by atoms with Gasteiger partial charge in [0.1, 0.15) is 23.8 Å².